The van der Waals surface area contributed by atoms with Gasteiger partial charge < -0.3 is 0 Å². The smallest absolute Gasteiger partial charge is 0.296 e. The summed E-state index contributed by atoms with van der Waals surface area (Å²) in [6, 6.07) is 2.30. The number of aromatic amines is 1. The minimum Gasteiger partial charge on any atom is -0.296 e. The van der Waals surface area contributed by atoms with E-state index in [0.717, 1.165) is 10.7 Å². The van der Waals surface area contributed by atoms with Gasteiger partial charge in [0.1, 0.15) is 9.52 Å². The highest BCUT2D eigenvalue weighted by Gasteiger charge is 2.32. The molecule has 0 saturated heterocycles. The molecule has 18 heavy (non-hydrogen) atoms. The molecule has 0 fully saturated rings. The fourth-order valence-corrected chi connectivity index (χ4v) is 2.24. The standard InChI is InChI=1S/C9H6F3N3OS2/c10-9(11,12)6-2-1-5(18-6)4-15-8(16)14-7(17)3-13-15/h1-3H,4H2,(H,14,16,17). The summed E-state index contributed by atoms with van der Waals surface area (Å²) in [7, 11) is 0. The minimum absolute atomic E-state index is 0.0221. The summed E-state index contributed by atoms with van der Waals surface area (Å²) in [5.41, 5.74) is -0.551. The monoisotopic (exact) mass is 293 g/mol. The van der Waals surface area contributed by atoms with Crippen molar-refractivity contribution in [1.82, 2.24) is 14.8 Å². The molecule has 0 aromatic carbocycles. The summed E-state index contributed by atoms with van der Waals surface area (Å²) in [5, 5.41) is 3.74. The number of halogens is 3. The third-order valence-corrected chi connectivity index (χ3v) is 3.35. The van der Waals surface area contributed by atoms with E-state index in [1.807, 2.05) is 0 Å². The van der Waals surface area contributed by atoms with Crippen molar-refractivity contribution >= 4 is 23.6 Å². The predicted molar refractivity (Wildman–Crippen MR) is 62.1 cm³/mol. The Hall–Kier alpha value is -1.48. The van der Waals surface area contributed by atoms with Crippen LogP contribution in [0, 0.1) is 4.64 Å². The average Bonchev–Trinajstić information content (AvgIpc) is 2.70. The lowest BCUT2D eigenvalue weighted by atomic mass is 10.4. The fraction of sp³-hybridized carbons (Fsp3) is 0.222. The van der Waals surface area contributed by atoms with Crippen molar-refractivity contribution in [3.05, 3.63) is 43.2 Å². The van der Waals surface area contributed by atoms with Crippen molar-refractivity contribution in [3.63, 3.8) is 0 Å². The molecular weight excluding hydrogens is 287 g/mol. The van der Waals surface area contributed by atoms with Crippen LogP contribution >= 0.6 is 23.6 Å². The van der Waals surface area contributed by atoms with Gasteiger partial charge in [-0.05, 0) is 12.1 Å². The van der Waals surface area contributed by atoms with E-state index in [-0.39, 0.29) is 11.2 Å². The first-order chi connectivity index (χ1) is 8.36. The van der Waals surface area contributed by atoms with Gasteiger partial charge in [-0.2, -0.15) is 18.3 Å². The van der Waals surface area contributed by atoms with E-state index in [4.69, 9.17) is 12.2 Å². The summed E-state index contributed by atoms with van der Waals surface area (Å²) in [6.45, 7) is -0.0221. The molecule has 9 heteroatoms. The second kappa shape index (κ2) is 4.65. The van der Waals surface area contributed by atoms with Gasteiger partial charge in [-0.25, -0.2) is 9.48 Å². The Morgan fingerprint density at radius 3 is 2.72 bits per heavy atom. The van der Waals surface area contributed by atoms with Gasteiger partial charge in [0.05, 0.1) is 12.7 Å². The number of hydrogen-bond donors (Lipinski definition) is 1. The highest BCUT2D eigenvalue weighted by molar-refractivity contribution is 7.71. The number of rotatable bonds is 2. The first kappa shape index (κ1) is 13.0. The molecule has 0 bridgehead atoms. The Kier molecular flexibility index (Phi) is 3.35. The number of H-pyrrole nitrogens is 1. The Morgan fingerprint density at radius 1 is 1.44 bits per heavy atom. The molecule has 0 amide bonds. The second-order valence-corrected chi connectivity index (χ2v) is 4.97. The highest BCUT2D eigenvalue weighted by Crippen LogP contribution is 2.34. The number of nitrogens with one attached hydrogen (secondary N) is 1. The van der Waals surface area contributed by atoms with Gasteiger partial charge >= 0.3 is 11.9 Å². The molecule has 0 aliphatic rings. The molecule has 0 spiro atoms. The maximum absolute atomic E-state index is 12.4. The largest absolute Gasteiger partial charge is 0.425 e. The Morgan fingerprint density at radius 2 is 2.17 bits per heavy atom. The lowest BCUT2D eigenvalue weighted by Gasteiger charge is -2.02. The van der Waals surface area contributed by atoms with Gasteiger partial charge in [-0.1, -0.05) is 12.2 Å². The summed E-state index contributed by atoms with van der Waals surface area (Å²) in [6.07, 6.45) is -3.10. The Labute approximate surface area is 108 Å². The van der Waals surface area contributed by atoms with E-state index in [9.17, 15) is 18.0 Å². The van der Waals surface area contributed by atoms with Gasteiger partial charge in [-0.3, -0.25) is 4.98 Å². The average molecular weight is 293 g/mol. The molecule has 96 valence electrons. The Balaban J connectivity index is 2.27. The Bertz CT molecular complexity index is 670. The lowest BCUT2D eigenvalue weighted by Crippen LogP contribution is -2.25. The topological polar surface area (TPSA) is 50.7 Å². The molecule has 2 aromatic heterocycles. The van der Waals surface area contributed by atoms with Crippen LogP contribution in [-0.4, -0.2) is 14.8 Å². The highest BCUT2D eigenvalue weighted by atomic mass is 32.1. The van der Waals surface area contributed by atoms with Crippen LogP contribution in [-0.2, 0) is 12.7 Å². The summed E-state index contributed by atoms with van der Waals surface area (Å²) >= 11 is 5.28. The van der Waals surface area contributed by atoms with Crippen LogP contribution in [0.25, 0.3) is 0 Å². The summed E-state index contributed by atoms with van der Waals surface area (Å²) < 4.78 is 38.3. The minimum atomic E-state index is -4.36. The molecule has 2 aromatic rings. The van der Waals surface area contributed by atoms with Crippen LogP contribution in [0.4, 0.5) is 13.2 Å². The number of nitrogens with zero attached hydrogens (tertiary/aromatic N) is 2. The molecule has 0 aliphatic carbocycles. The van der Waals surface area contributed by atoms with Crippen LogP contribution in [0.5, 0.6) is 0 Å². The molecule has 0 radical (unpaired) electrons. The third kappa shape index (κ3) is 2.85. The quantitative estimate of drug-likeness (QED) is 0.865. The first-order valence-corrected chi connectivity index (χ1v) is 5.91. The number of hydrogen-bond acceptors (Lipinski definition) is 4. The summed E-state index contributed by atoms with van der Waals surface area (Å²) in [4.78, 5) is 13.4. The van der Waals surface area contributed by atoms with E-state index < -0.39 is 16.7 Å². The zero-order chi connectivity index (χ0) is 13.3. The molecular formula is C9H6F3N3OS2. The number of alkyl halides is 3. The predicted octanol–water partition coefficient (Wildman–Crippen LogP) is 2.43. The normalized spacial score (nSPS) is 11.7. The zero-order valence-electron chi connectivity index (χ0n) is 8.69. The zero-order valence-corrected chi connectivity index (χ0v) is 10.3. The molecule has 0 aliphatic heterocycles. The van der Waals surface area contributed by atoms with E-state index in [0.29, 0.717) is 16.2 Å². The van der Waals surface area contributed by atoms with Crippen LogP contribution in [0.1, 0.15) is 9.75 Å². The van der Waals surface area contributed by atoms with Crippen molar-refractivity contribution in [2.75, 3.05) is 0 Å². The maximum Gasteiger partial charge on any atom is 0.425 e. The molecule has 4 nitrogen and oxygen atoms in total. The van der Waals surface area contributed by atoms with E-state index in [2.05, 4.69) is 10.1 Å². The van der Waals surface area contributed by atoms with E-state index >= 15 is 0 Å². The van der Waals surface area contributed by atoms with Crippen molar-refractivity contribution < 1.29 is 13.2 Å². The molecule has 0 saturated carbocycles. The van der Waals surface area contributed by atoms with Gasteiger partial charge in [-0.15, -0.1) is 11.3 Å². The van der Waals surface area contributed by atoms with E-state index in [1.165, 1.54) is 12.3 Å². The molecule has 0 atom stereocenters. The molecule has 0 unspecified atom stereocenters. The molecule has 2 heterocycles. The third-order valence-electron chi connectivity index (χ3n) is 2.03. The van der Waals surface area contributed by atoms with Gasteiger partial charge in [0.25, 0.3) is 0 Å². The number of thiophene rings is 1. The van der Waals surface area contributed by atoms with Crippen LogP contribution in [0.15, 0.2) is 23.1 Å². The van der Waals surface area contributed by atoms with Crippen molar-refractivity contribution in [1.29, 1.82) is 0 Å². The van der Waals surface area contributed by atoms with E-state index in [1.54, 1.807) is 0 Å². The van der Waals surface area contributed by atoms with Gasteiger partial charge in [0.15, 0.2) is 0 Å². The second-order valence-electron chi connectivity index (χ2n) is 3.36. The maximum atomic E-state index is 12.4. The van der Waals surface area contributed by atoms with Gasteiger partial charge in [0.2, 0.25) is 0 Å². The fourth-order valence-electron chi connectivity index (χ4n) is 1.25. The summed E-state index contributed by atoms with van der Waals surface area (Å²) in [5.74, 6) is 0. The van der Waals surface area contributed by atoms with Crippen LogP contribution < -0.4 is 5.69 Å². The van der Waals surface area contributed by atoms with Crippen LogP contribution in [0.3, 0.4) is 0 Å². The lowest BCUT2D eigenvalue weighted by molar-refractivity contribution is -0.134. The van der Waals surface area contributed by atoms with Crippen molar-refractivity contribution in [3.8, 4) is 0 Å². The number of aromatic nitrogens is 3. The van der Waals surface area contributed by atoms with Crippen molar-refractivity contribution in [2.45, 2.75) is 12.7 Å². The first-order valence-electron chi connectivity index (χ1n) is 4.68. The van der Waals surface area contributed by atoms with Crippen LogP contribution in [0.2, 0.25) is 0 Å². The van der Waals surface area contributed by atoms with Gasteiger partial charge in [0, 0.05) is 4.88 Å². The molecule has 2 rings (SSSR count). The molecule has 1 N–H and O–H groups in total. The SMILES string of the molecule is O=c1[nH]c(=S)cnn1Cc1ccc(C(F)(F)F)s1. The van der Waals surface area contributed by atoms with Crippen molar-refractivity contribution in [2.24, 2.45) is 0 Å².